The van der Waals surface area contributed by atoms with Crippen molar-refractivity contribution >= 4 is 0 Å². The van der Waals surface area contributed by atoms with Crippen LogP contribution in [0.1, 0.15) is 112 Å². The molecule has 2 nitrogen and oxygen atoms in total. The quantitative estimate of drug-likeness (QED) is 0.482. The molecule has 4 fully saturated rings. The standard InChI is InChI=1S/C25H42F2O2.C2H6/c1-22(2,29)25(26,27)14-9-16-6-8-20-19-7-5-17-15-18(28)10-12-24(17,4)21(19)11-13-23(16,20)3;1-2/h16-21,28-29H,5-15H2,1-4H3;1-2H3/t16-,17?,18?,19?,20?,21?,23?,24?;/m1./s1. The summed E-state index contributed by atoms with van der Waals surface area (Å²) in [5.74, 6) is 0.174. The highest BCUT2D eigenvalue weighted by Gasteiger charge is 2.60. The van der Waals surface area contributed by atoms with Crippen LogP contribution in [0.5, 0.6) is 0 Å². The molecular weight excluding hydrogens is 394 g/mol. The Balaban J connectivity index is 0.00000132. The Hall–Kier alpha value is -0.220. The van der Waals surface area contributed by atoms with Crippen LogP contribution in [0.15, 0.2) is 0 Å². The molecule has 0 amide bonds. The van der Waals surface area contributed by atoms with Crippen molar-refractivity contribution in [2.75, 3.05) is 0 Å². The molecule has 4 heteroatoms. The molecule has 4 aliphatic carbocycles. The van der Waals surface area contributed by atoms with E-state index in [0.717, 1.165) is 37.5 Å². The summed E-state index contributed by atoms with van der Waals surface area (Å²) in [7, 11) is 0. The maximum Gasteiger partial charge on any atom is 0.275 e. The summed E-state index contributed by atoms with van der Waals surface area (Å²) in [6.07, 6.45) is 10.5. The lowest BCUT2D eigenvalue weighted by molar-refractivity contribution is -0.170. The second-order valence-corrected chi connectivity index (χ2v) is 12.2. The van der Waals surface area contributed by atoms with Crippen molar-refractivity contribution in [3.63, 3.8) is 0 Å². The van der Waals surface area contributed by atoms with Gasteiger partial charge in [0.1, 0.15) is 5.60 Å². The molecule has 7 unspecified atom stereocenters. The van der Waals surface area contributed by atoms with Crippen LogP contribution in [-0.4, -0.2) is 27.8 Å². The van der Waals surface area contributed by atoms with Crippen molar-refractivity contribution in [1.82, 2.24) is 0 Å². The third-order valence-electron chi connectivity index (χ3n) is 10.5. The number of alkyl halides is 2. The van der Waals surface area contributed by atoms with Gasteiger partial charge in [0, 0.05) is 6.42 Å². The van der Waals surface area contributed by atoms with Crippen molar-refractivity contribution in [2.24, 2.45) is 40.4 Å². The fourth-order valence-corrected chi connectivity index (χ4v) is 8.48. The molecule has 0 radical (unpaired) electrons. The first-order valence-electron chi connectivity index (χ1n) is 13.2. The van der Waals surface area contributed by atoms with Crippen LogP contribution in [0.25, 0.3) is 0 Å². The van der Waals surface area contributed by atoms with Gasteiger partial charge in [-0.25, -0.2) is 8.78 Å². The molecule has 4 rings (SSSR count). The third-order valence-corrected chi connectivity index (χ3v) is 10.5. The van der Waals surface area contributed by atoms with E-state index in [4.69, 9.17) is 0 Å². The molecule has 0 aromatic carbocycles. The molecule has 0 aromatic rings. The molecule has 0 aromatic heterocycles. The number of halogens is 2. The van der Waals surface area contributed by atoms with Crippen LogP contribution in [0, 0.1) is 40.4 Å². The zero-order valence-corrected chi connectivity index (χ0v) is 20.9. The van der Waals surface area contributed by atoms with Gasteiger partial charge in [-0.05, 0) is 118 Å². The lowest BCUT2D eigenvalue weighted by Crippen LogP contribution is -2.54. The Morgan fingerprint density at radius 1 is 0.871 bits per heavy atom. The van der Waals surface area contributed by atoms with E-state index in [1.165, 1.54) is 46.0 Å². The fraction of sp³-hybridized carbons (Fsp3) is 1.00. The summed E-state index contributed by atoms with van der Waals surface area (Å²) in [5.41, 5.74) is -1.38. The molecule has 0 saturated heterocycles. The van der Waals surface area contributed by atoms with E-state index >= 15 is 0 Å². The SMILES string of the molecule is CC.CC12CCC(O)CC1CCC1C2CCC2(C)C1CC[C@@H]2CCC(F)(F)C(C)(C)O. The predicted octanol–water partition coefficient (Wildman–Crippen LogP) is 7.22. The van der Waals surface area contributed by atoms with Gasteiger partial charge in [-0.2, -0.15) is 0 Å². The molecule has 2 N–H and O–H groups in total. The zero-order chi connectivity index (χ0) is 23.2. The van der Waals surface area contributed by atoms with Crippen molar-refractivity contribution in [2.45, 2.75) is 130 Å². The summed E-state index contributed by atoms with van der Waals surface area (Å²) in [6.45, 7) is 11.4. The van der Waals surface area contributed by atoms with Gasteiger partial charge in [0.2, 0.25) is 0 Å². The average molecular weight is 443 g/mol. The van der Waals surface area contributed by atoms with Gasteiger partial charge in [0.15, 0.2) is 0 Å². The van der Waals surface area contributed by atoms with Gasteiger partial charge in [0.25, 0.3) is 5.92 Å². The number of hydrogen-bond donors (Lipinski definition) is 2. The van der Waals surface area contributed by atoms with Crippen LogP contribution < -0.4 is 0 Å². The number of fused-ring (bicyclic) bond motifs is 5. The zero-order valence-electron chi connectivity index (χ0n) is 20.9. The summed E-state index contributed by atoms with van der Waals surface area (Å²) >= 11 is 0. The minimum atomic E-state index is -3.02. The van der Waals surface area contributed by atoms with Crippen LogP contribution in [0.3, 0.4) is 0 Å². The van der Waals surface area contributed by atoms with Gasteiger partial charge < -0.3 is 10.2 Å². The number of aliphatic hydroxyl groups excluding tert-OH is 1. The first kappa shape index (κ1) is 25.4. The average Bonchev–Trinajstić information content (AvgIpc) is 3.04. The van der Waals surface area contributed by atoms with Gasteiger partial charge in [-0.1, -0.05) is 27.7 Å². The highest BCUT2D eigenvalue weighted by atomic mass is 19.3. The monoisotopic (exact) mass is 442 g/mol. The van der Waals surface area contributed by atoms with E-state index in [-0.39, 0.29) is 17.9 Å². The Morgan fingerprint density at radius 3 is 2.13 bits per heavy atom. The van der Waals surface area contributed by atoms with Crippen molar-refractivity contribution in [1.29, 1.82) is 0 Å². The predicted molar refractivity (Wildman–Crippen MR) is 123 cm³/mol. The minimum absolute atomic E-state index is 0.105. The van der Waals surface area contributed by atoms with E-state index in [2.05, 4.69) is 13.8 Å². The Morgan fingerprint density at radius 2 is 1.48 bits per heavy atom. The van der Waals surface area contributed by atoms with E-state index < -0.39 is 11.5 Å². The van der Waals surface area contributed by atoms with Crippen LogP contribution in [0.4, 0.5) is 8.78 Å². The second-order valence-electron chi connectivity index (χ2n) is 12.2. The molecule has 4 aliphatic rings. The van der Waals surface area contributed by atoms with E-state index in [1.807, 2.05) is 13.8 Å². The highest BCUT2D eigenvalue weighted by molar-refractivity contribution is 5.09. The molecule has 8 atom stereocenters. The fourth-order valence-electron chi connectivity index (χ4n) is 8.48. The van der Waals surface area contributed by atoms with Gasteiger partial charge >= 0.3 is 0 Å². The van der Waals surface area contributed by atoms with Crippen molar-refractivity contribution in [3.05, 3.63) is 0 Å². The second kappa shape index (κ2) is 8.85. The molecule has 31 heavy (non-hydrogen) atoms. The summed E-state index contributed by atoms with van der Waals surface area (Å²) in [4.78, 5) is 0. The number of aliphatic hydroxyl groups is 2. The molecule has 0 heterocycles. The van der Waals surface area contributed by atoms with E-state index in [0.29, 0.717) is 29.6 Å². The van der Waals surface area contributed by atoms with Crippen LogP contribution in [0.2, 0.25) is 0 Å². The molecule has 0 spiro atoms. The molecular formula is C27H48F2O2. The Bertz CT molecular complexity index is 615. The Kier molecular flexibility index (Phi) is 7.26. The third kappa shape index (κ3) is 4.34. The lowest BCUT2D eigenvalue weighted by Gasteiger charge is -2.61. The van der Waals surface area contributed by atoms with Gasteiger partial charge in [0.05, 0.1) is 6.10 Å². The van der Waals surface area contributed by atoms with Crippen molar-refractivity contribution in [3.8, 4) is 0 Å². The maximum atomic E-state index is 14.4. The lowest BCUT2D eigenvalue weighted by atomic mass is 9.44. The molecule has 4 saturated carbocycles. The van der Waals surface area contributed by atoms with E-state index in [1.54, 1.807) is 0 Å². The first-order valence-corrected chi connectivity index (χ1v) is 13.2. The summed E-state index contributed by atoms with van der Waals surface area (Å²) in [5, 5.41) is 20.0. The number of hydrogen-bond acceptors (Lipinski definition) is 2. The maximum absolute atomic E-state index is 14.4. The summed E-state index contributed by atoms with van der Waals surface area (Å²) in [6, 6.07) is 0. The smallest absolute Gasteiger partial charge is 0.275 e. The molecule has 0 aliphatic heterocycles. The van der Waals surface area contributed by atoms with Gasteiger partial charge in [-0.3, -0.25) is 0 Å². The Labute approximate surface area is 189 Å². The minimum Gasteiger partial charge on any atom is -0.393 e. The number of rotatable bonds is 4. The van der Waals surface area contributed by atoms with E-state index in [9.17, 15) is 19.0 Å². The topological polar surface area (TPSA) is 40.5 Å². The highest BCUT2D eigenvalue weighted by Crippen LogP contribution is 2.68. The van der Waals surface area contributed by atoms with Crippen molar-refractivity contribution < 1.29 is 19.0 Å². The molecule has 182 valence electrons. The largest absolute Gasteiger partial charge is 0.393 e. The normalized spacial score (nSPS) is 45.1. The first-order chi connectivity index (χ1) is 14.4. The molecule has 0 bridgehead atoms. The summed E-state index contributed by atoms with van der Waals surface area (Å²) < 4.78 is 28.8. The van der Waals surface area contributed by atoms with Crippen LogP contribution in [-0.2, 0) is 0 Å². The van der Waals surface area contributed by atoms with Gasteiger partial charge in [-0.15, -0.1) is 0 Å². The van der Waals surface area contributed by atoms with Crippen LogP contribution >= 0.6 is 0 Å².